The third-order valence-corrected chi connectivity index (χ3v) is 14.6. The van der Waals surface area contributed by atoms with Gasteiger partial charge in [-0.3, -0.25) is 29.2 Å². The van der Waals surface area contributed by atoms with Crippen LogP contribution in [0.15, 0.2) is 75.9 Å². The van der Waals surface area contributed by atoms with Crippen LogP contribution in [-0.4, -0.2) is 73.6 Å². The van der Waals surface area contributed by atoms with Gasteiger partial charge >= 0.3 is 7.82 Å². The monoisotopic (exact) mass is 878 g/mol. The summed E-state index contributed by atoms with van der Waals surface area (Å²) in [4.78, 5) is 70.4. The SMILES string of the molecule is CC(C)=CCCC1(C)C=Cc2c(c(CC=C(C)C)c3c(c2OP(=O)(O)O)C2=C4C(C5CC6C(C)(C)OC(C/C=C(/C)C(=O)NCCO)(C5=O)C46O3)C3C(=O)c4ccccc4C3=N2)O1. The number of rotatable bonds is 12. The fraction of sp³-hybridized carbons (Fsp3) is 0.469. The Morgan fingerprint density at radius 2 is 1.71 bits per heavy atom. The molecule has 332 valence electrons. The Balaban J connectivity index is 1.39. The highest BCUT2D eigenvalue weighted by atomic mass is 31.2. The molecule has 14 heteroatoms. The first-order valence-corrected chi connectivity index (χ1v) is 23.3. The topological polar surface area (TPSA) is 190 Å². The van der Waals surface area contributed by atoms with Crippen LogP contribution in [-0.2, 0) is 25.3 Å². The second-order valence-electron chi connectivity index (χ2n) is 19.3. The summed E-state index contributed by atoms with van der Waals surface area (Å²) in [5, 5.41) is 12.1. The van der Waals surface area contributed by atoms with Crippen molar-refractivity contribution >= 4 is 42.8 Å². The van der Waals surface area contributed by atoms with Gasteiger partial charge in [0.1, 0.15) is 17.1 Å². The van der Waals surface area contributed by atoms with E-state index in [9.17, 15) is 29.0 Å². The number of nitrogens with one attached hydrogen (secondary N) is 1. The van der Waals surface area contributed by atoms with Gasteiger partial charge in [-0.05, 0) is 93.2 Å². The number of carbonyl (C=O) groups excluding carboxylic acids is 3. The van der Waals surface area contributed by atoms with E-state index in [-0.39, 0.29) is 54.6 Å². The van der Waals surface area contributed by atoms with Crippen molar-refractivity contribution in [1.29, 1.82) is 0 Å². The summed E-state index contributed by atoms with van der Waals surface area (Å²) in [6, 6.07) is 7.24. The molecule has 1 amide bonds. The lowest BCUT2D eigenvalue weighted by molar-refractivity contribution is -0.182. The molecular weight excluding hydrogens is 824 g/mol. The minimum absolute atomic E-state index is 0.0463. The molecule has 2 aromatic carbocycles. The summed E-state index contributed by atoms with van der Waals surface area (Å²) in [5.41, 5.74) is 0.850. The molecule has 3 saturated carbocycles. The lowest BCUT2D eigenvalue weighted by atomic mass is 9.43. The molecule has 13 nitrogen and oxygen atoms in total. The molecule has 4 heterocycles. The third kappa shape index (κ3) is 6.43. The lowest BCUT2D eigenvalue weighted by Gasteiger charge is -2.62. The fourth-order valence-electron chi connectivity index (χ4n) is 11.6. The normalized spacial score (nSPS) is 30.0. The van der Waals surface area contributed by atoms with Crippen LogP contribution < -0.4 is 19.3 Å². The maximum absolute atomic E-state index is 15.7. The molecule has 1 spiro atoms. The van der Waals surface area contributed by atoms with Crippen molar-refractivity contribution in [1.82, 2.24) is 5.32 Å². The van der Waals surface area contributed by atoms with Crippen molar-refractivity contribution in [3.05, 3.63) is 98.7 Å². The van der Waals surface area contributed by atoms with Crippen LogP contribution >= 0.6 is 7.82 Å². The summed E-state index contributed by atoms with van der Waals surface area (Å²) >= 11 is 0. The van der Waals surface area contributed by atoms with Crippen molar-refractivity contribution in [2.45, 2.75) is 110 Å². The van der Waals surface area contributed by atoms with Crippen LogP contribution in [0.4, 0.5) is 0 Å². The molecule has 8 aliphatic rings. The smallest absolute Gasteiger partial charge is 0.482 e. The molecule has 2 aromatic rings. The van der Waals surface area contributed by atoms with Gasteiger partial charge in [0.25, 0.3) is 0 Å². The average molecular weight is 879 g/mol. The Kier molecular flexibility index (Phi) is 10.2. The van der Waals surface area contributed by atoms with Gasteiger partial charge in [-0.1, -0.05) is 53.6 Å². The molecule has 10 rings (SSSR count). The average Bonchev–Trinajstić information content (AvgIpc) is 3.57. The number of hydrogen-bond acceptors (Lipinski definition) is 10. The van der Waals surface area contributed by atoms with E-state index in [1.54, 1.807) is 31.2 Å². The van der Waals surface area contributed by atoms with E-state index >= 15 is 4.79 Å². The zero-order valence-electron chi connectivity index (χ0n) is 37.0. The minimum atomic E-state index is -5.28. The molecular formula is C49H55N2O11P. The van der Waals surface area contributed by atoms with Gasteiger partial charge in [-0.25, -0.2) is 4.57 Å². The second-order valence-corrected chi connectivity index (χ2v) is 20.4. The molecule has 1 saturated heterocycles. The molecule has 0 radical (unpaired) electrons. The second kappa shape index (κ2) is 14.8. The van der Waals surface area contributed by atoms with Crippen LogP contribution in [0.5, 0.6) is 17.2 Å². The number of carbonyl (C=O) groups is 3. The quantitative estimate of drug-likeness (QED) is 0.0935. The molecule has 0 aromatic heterocycles. The molecule has 4 bridgehead atoms. The predicted octanol–water partition coefficient (Wildman–Crippen LogP) is 7.56. The van der Waals surface area contributed by atoms with Gasteiger partial charge in [0, 0.05) is 58.6 Å². The maximum atomic E-state index is 15.7. The largest absolute Gasteiger partial charge is 0.524 e. The van der Waals surface area contributed by atoms with Crippen LogP contribution in [0.2, 0.25) is 0 Å². The van der Waals surface area contributed by atoms with Gasteiger partial charge in [0.05, 0.1) is 40.7 Å². The summed E-state index contributed by atoms with van der Waals surface area (Å²) in [6.07, 6.45) is 11.3. The van der Waals surface area contributed by atoms with Gasteiger partial charge in [0.15, 0.2) is 28.5 Å². The summed E-state index contributed by atoms with van der Waals surface area (Å²) < 4.78 is 40.8. The number of hydrogen-bond donors (Lipinski definition) is 4. The number of benzene rings is 2. The highest BCUT2D eigenvalue weighted by Crippen LogP contribution is 2.75. The van der Waals surface area contributed by atoms with Gasteiger partial charge in [0.2, 0.25) is 5.91 Å². The standard InChI is InChI=1S/C49H55N2O11P/c1-25(2)12-11-19-47(8)20-18-31-41(59-47)30(16-15-26(3)4)42-36(43(31)61-63(56,57)58)39-37-34(35-38(51-39)28-13-9-10-14-29(28)40(35)53)32-24-33-46(6,7)62-48(44(32)54,49(33,37)60-42)21-17-27(5)45(55)50-22-23-52/h9-10,12-15,17-18,20,32-35,52H,11,16,19,21-24H2,1-8H3,(H,50,55)(H2,56,57,58)/b27-17-. The van der Waals surface area contributed by atoms with Gasteiger partial charge in [-0.2, -0.15) is 0 Å². The first kappa shape index (κ1) is 43.3. The van der Waals surface area contributed by atoms with Crippen molar-refractivity contribution < 1.29 is 52.6 Å². The zero-order chi connectivity index (χ0) is 45.2. The number of aliphatic hydroxyl groups is 1. The highest BCUT2D eigenvalue weighted by molar-refractivity contribution is 7.46. The number of phosphoric acid groups is 1. The lowest BCUT2D eigenvalue weighted by Crippen LogP contribution is -2.75. The van der Waals surface area contributed by atoms with E-state index in [0.717, 1.165) is 11.1 Å². The van der Waals surface area contributed by atoms with Crippen molar-refractivity contribution in [2.24, 2.45) is 28.7 Å². The van der Waals surface area contributed by atoms with Crippen molar-refractivity contribution in [3.63, 3.8) is 0 Å². The molecule has 7 unspecified atom stereocenters. The third-order valence-electron chi connectivity index (χ3n) is 14.1. The number of fused-ring (bicyclic) bond motifs is 6. The summed E-state index contributed by atoms with van der Waals surface area (Å²) in [7, 11) is -5.28. The first-order chi connectivity index (χ1) is 29.7. The number of ether oxygens (including phenoxy) is 3. The Morgan fingerprint density at radius 1 is 1.00 bits per heavy atom. The molecule has 4 aliphatic heterocycles. The number of aliphatic imine (C=N–C) groups is 1. The molecule has 63 heavy (non-hydrogen) atoms. The number of Topliss-reactive ketones (excluding diaryl/α,β-unsaturated/α-hetero) is 2. The van der Waals surface area contributed by atoms with Crippen LogP contribution in [0.1, 0.15) is 114 Å². The Hall–Kier alpha value is -4.91. The molecule has 4 fully saturated rings. The number of nitrogens with zero attached hydrogens (tertiary/aromatic N) is 1. The number of amides is 1. The van der Waals surface area contributed by atoms with E-state index in [4.69, 9.17) is 23.7 Å². The minimum Gasteiger partial charge on any atom is -0.482 e. The first-order valence-electron chi connectivity index (χ1n) is 21.8. The van der Waals surface area contributed by atoms with Crippen molar-refractivity contribution in [2.75, 3.05) is 13.2 Å². The van der Waals surface area contributed by atoms with E-state index < -0.39 is 59.8 Å². The van der Waals surface area contributed by atoms with E-state index in [0.29, 0.717) is 69.8 Å². The Morgan fingerprint density at radius 3 is 2.40 bits per heavy atom. The zero-order valence-corrected chi connectivity index (χ0v) is 37.9. The van der Waals surface area contributed by atoms with Crippen LogP contribution in [0.25, 0.3) is 11.8 Å². The van der Waals surface area contributed by atoms with Crippen molar-refractivity contribution in [3.8, 4) is 17.2 Å². The van der Waals surface area contributed by atoms with E-state index in [1.165, 1.54) is 0 Å². The number of ketones is 2. The van der Waals surface area contributed by atoms with Crippen LogP contribution in [0.3, 0.4) is 0 Å². The number of allylic oxidation sites excluding steroid dienone is 4. The Labute approximate surface area is 367 Å². The number of aliphatic hydroxyl groups excluding tert-OH is 1. The van der Waals surface area contributed by atoms with E-state index in [1.807, 2.05) is 72.8 Å². The summed E-state index contributed by atoms with van der Waals surface area (Å²) in [6.45, 7) is 15.3. The maximum Gasteiger partial charge on any atom is 0.524 e. The van der Waals surface area contributed by atoms with Gasteiger partial charge < -0.3 is 29.2 Å². The molecule has 4 aliphatic carbocycles. The molecule has 7 atom stereocenters. The molecule has 4 N–H and O–H groups in total. The number of phosphoric ester groups is 1. The fourth-order valence-corrected chi connectivity index (χ4v) is 12.0. The highest BCUT2D eigenvalue weighted by Gasteiger charge is 2.84. The van der Waals surface area contributed by atoms with Gasteiger partial charge in [-0.15, -0.1) is 0 Å². The Bertz CT molecular complexity index is 2640. The predicted molar refractivity (Wildman–Crippen MR) is 237 cm³/mol. The summed E-state index contributed by atoms with van der Waals surface area (Å²) in [5.74, 6) is -3.28. The van der Waals surface area contributed by atoms with E-state index in [2.05, 4.69) is 11.4 Å². The van der Waals surface area contributed by atoms with Crippen LogP contribution in [0, 0.1) is 23.7 Å².